The predicted molar refractivity (Wildman–Crippen MR) is 111 cm³/mol. The summed E-state index contributed by atoms with van der Waals surface area (Å²) in [6.45, 7) is 1.78. The molecule has 1 N–H and O–H groups in total. The summed E-state index contributed by atoms with van der Waals surface area (Å²) in [5.41, 5.74) is 2.61. The summed E-state index contributed by atoms with van der Waals surface area (Å²) >= 11 is 4.71. The molecule has 0 spiro atoms. The molecule has 2 heterocycles. The Morgan fingerprint density at radius 3 is 2.81 bits per heavy atom. The fraction of sp³-hybridized carbons (Fsp3) is 0.105. The highest BCUT2D eigenvalue weighted by Gasteiger charge is 2.31. The molecule has 1 aromatic heterocycles. The van der Waals surface area contributed by atoms with Crippen molar-refractivity contribution < 1.29 is 14.6 Å². The van der Waals surface area contributed by atoms with E-state index in [9.17, 15) is 9.90 Å². The molecule has 0 saturated heterocycles. The van der Waals surface area contributed by atoms with E-state index in [1.165, 1.54) is 23.5 Å². The molecule has 4 rings (SSSR count). The lowest BCUT2D eigenvalue weighted by molar-refractivity contribution is -0.114. The molecule has 0 saturated carbocycles. The highest BCUT2D eigenvalue weighted by Crippen LogP contribution is 2.37. The van der Waals surface area contributed by atoms with E-state index < -0.39 is 0 Å². The number of ether oxygens (including phenoxy) is 1. The van der Waals surface area contributed by atoms with Crippen LogP contribution in [0.2, 0.25) is 0 Å². The molecular formula is C19H14BrN3O3S. The molecule has 1 aliphatic heterocycles. The average Bonchev–Trinajstić information content (AvgIpc) is 3.20. The fourth-order valence-corrected chi connectivity index (χ4v) is 4.14. The summed E-state index contributed by atoms with van der Waals surface area (Å²) in [6.07, 6.45) is 1.72. The van der Waals surface area contributed by atoms with Crippen LogP contribution < -0.4 is 9.75 Å². The highest BCUT2D eigenvalue weighted by molar-refractivity contribution is 9.10. The number of carbonyl (C=O) groups excluding carboxylic acids is 1. The van der Waals surface area contributed by atoms with Crippen molar-refractivity contribution in [1.82, 2.24) is 4.98 Å². The maximum absolute atomic E-state index is 12.9. The minimum absolute atomic E-state index is 0.0129. The second kappa shape index (κ2) is 6.79. The third-order valence-corrected chi connectivity index (χ3v) is 5.72. The smallest absolute Gasteiger partial charge is 0.282 e. The van der Waals surface area contributed by atoms with Crippen LogP contribution in [0.15, 0.2) is 51.5 Å². The zero-order valence-corrected chi connectivity index (χ0v) is 16.8. The maximum Gasteiger partial charge on any atom is 0.282 e. The number of methoxy groups -OCH3 is 1. The Balaban J connectivity index is 1.72. The summed E-state index contributed by atoms with van der Waals surface area (Å²) in [5, 5.41) is 16.2. The Morgan fingerprint density at radius 2 is 2.07 bits per heavy atom. The molecule has 136 valence electrons. The fourth-order valence-electron chi connectivity index (χ4n) is 2.76. The van der Waals surface area contributed by atoms with Gasteiger partial charge in [0, 0.05) is 0 Å². The van der Waals surface area contributed by atoms with Gasteiger partial charge in [0.2, 0.25) is 5.13 Å². The Hall–Kier alpha value is -2.71. The number of rotatable bonds is 3. The predicted octanol–water partition coefficient (Wildman–Crippen LogP) is 4.58. The number of aromatic nitrogens is 1. The van der Waals surface area contributed by atoms with E-state index in [1.807, 2.05) is 24.3 Å². The largest absolute Gasteiger partial charge is 0.503 e. The Labute approximate surface area is 167 Å². The van der Waals surface area contributed by atoms with E-state index in [2.05, 4.69) is 26.0 Å². The molecular weight excluding hydrogens is 430 g/mol. The molecule has 6 nitrogen and oxygen atoms in total. The number of hydrogen-bond acceptors (Lipinski definition) is 6. The topological polar surface area (TPSA) is 75.0 Å². The van der Waals surface area contributed by atoms with Crippen LogP contribution in [0.4, 0.5) is 5.13 Å². The van der Waals surface area contributed by atoms with Crippen molar-refractivity contribution >= 4 is 60.3 Å². The summed E-state index contributed by atoms with van der Waals surface area (Å²) in [7, 11) is 1.47. The van der Waals surface area contributed by atoms with Crippen molar-refractivity contribution in [2.24, 2.45) is 5.10 Å². The number of nitrogens with zero attached hydrogens (tertiary/aromatic N) is 3. The van der Waals surface area contributed by atoms with Crippen LogP contribution in [0.1, 0.15) is 12.5 Å². The standard InChI is InChI=1S/C19H14BrN3O3S/c1-10-12(7-11-8-13(20)17(24)15(9-11)26-2)18(25)23(22-10)19-21-14-5-3-4-6-16(14)27-19/h3-9,24H,1-2H3/b12-7+. The first kappa shape index (κ1) is 17.7. The van der Waals surface area contributed by atoms with Crippen LogP contribution >= 0.6 is 27.3 Å². The number of fused-ring (bicyclic) bond motifs is 1. The second-order valence-electron chi connectivity index (χ2n) is 5.88. The lowest BCUT2D eigenvalue weighted by atomic mass is 10.1. The number of thiazole rings is 1. The van der Waals surface area contributed by atoms with E-state index in [-0.39, 0.29) is 11.7 Å². The van der Waals surface area contributed by atoms with Crippen molar-refractivity contribution in [3.63, 3.8) is 0 Å². The summed E-state index contributed by atoms with van der Waals surface area (Å²) in [5.74, 6) is 0.0906. The van der Waals surface area contributed by atoms with Crippen molar-refractivity contribution in [3.05, 3.63) is 52.0 Å². The first-order valence-corrected chi connectivity index (χ1v) is 9.62. The molecule has 1 aliphatic rings. The van der Waals surface area contributed by atoms with Gasteiger partial charge < -0.3 is 9.84 Å². The number of para-hydroxylation sites is 1. The summed E-state index contributed by atoms with van der Waals surface area (Å²) in [6, 6.07) is 11.1. The molecule has 2 aromatic carbocycles. The zero-order valence-electron chi connectivity index (χ0n) is 14.4. The van der Waals surface area contributed by atoms with E-state index in [4.69, 9.17) is 4.74 Å². The van der Waals surface area contributed by atoms with Gasteiger partial charge in [-0.3, -0.25) is 4.79 Å². The van der Waals surface area contributed by atoms with Gasteiger partial charge in [0.05, 0.1) is 33.1 Å². The lowest BCUT2D eigenvalue weighted by Crippen LogP contribution is -2.21. The number of hydrogen-bond donors (Lipinski definition) is 1. The molecule has 0 radical (unpaired) electrons. The van der Waals surface area contributed by atoms with E-state index >= 15 is 0 Å². The van der Waals surface area contributed by atoms with Crippen LogP contribution in [0.25, 0.3) is 16.3 Å². The molecule has 0 bridgehead atoms. The number of halogens is 1. The summed E-state index contributed by atoms with van der Waals surface area (Å²) < 4.78 is 6.65. The van der Waals surface area contributed by atoms with Crippen LogP contribution in [-0.4, -0.2) is 28.8 Å². The van der Waals surface area contributed by atoms with Gasteiger partial charge in [-0.2, -0.15) is 10.1 Å². The Morgan fingerprint density at radius 1 is 1.30 bits per heavy atom. The molecule has 27 heavy (non-hydrogen) atoms. The third kappa shape index (κ3) is 3.11. The van der Waals surface area contributed by atoms with Gasteiger partial charge in [-0.25, -0.2) is 4.98 Å². The molecule has 0 aliphatic carbocycles. The third-order valence-electron chi connectivity index (χ3n) is 4.11. The quantitative estimate of drug-likeness (QED) is 0.601. The van der Waals surface area contributed by atoms with E-state index in [0.29, 0.717) is 32.2 Å². The molecule has 8 heteroatoms. The SMILES string of the molecule is COc1cc(/C=C2/C(=O)N(c3nc4ccccc4s3)N=C2C)cc(Br)c1O. The number of benzene rings is 2. The van der Waals surface area contributed by atoms with Crippen LogP contribution in [0.5, 0.6) is 11.5 Å². The minimum atomic E-state index is -0.241. The van der Waals surface area contributed by atoms with Crippen molar-refractivity contribution in [2.45, 2.75) is 6.92 Å². The molecule has 1 amide bonds. The first-order chi connectivity index (χ1) is 13.0. The van der Waals surface area contributed by atoms with Gasteiger partial charge in [0.25, 0.3) is 5.91 Å². The number of carbonyl (C=O) groups is 1. The van der Waals surface area contributed by atoms with Gasteiger partial charge in [0.15, 0.2) is 11.5 Å². The molecule has 3 aromatic rings. The lowest BCUT2D eigenvalue weighted by Gasteiger charge is -2.08. The minimum Gasteiger partial charge on any atom is -0.503 e. The van der Waals surface area contributed by atoms with Gasteiger partial charge in [0.1, 0.15) is 0 Å². The van der Waals surface area contributed by atoms with E-state index in [0.717, 1.165) is 10.2 Å². The van der Waals surface area contributed by atoms with Crippen molar-refractivity contribution in [1.29, 1.82) is 0 Å². The van der Waals surface area contributed by atoms with Crippen LogP contribution in [0, 0.1) is 0 Å². The molecule has 0 fully saturated rings. The number of amides is 1. The first-order valence-electron chi connectivity index (χ1n) is 8.01. The highest BCUT2D eigenvalue weighted by atomic mass is 79.9. The van der Waals surface area contributed by atoms with Crippen LogP contribution in [0.3, 0.4) is 0 Å². The number of hydrazone groups is 1. The number of aromatic hydroxyl groups is 1. The normalized spacial score (nSPS) is 15.7. The average molecular weight is 444 g/mol. The number of phenolic OH excluding ortho intramolecular Hbond substituents is 1. The zero-order chi connectivity index (χ0) is 19.1. The molecule has 0 atom stereocenters. The maximum atomic E-state index is 12.9. The number of anilines is 1. The number of phenols is 1. The molecule has 0 unspecified atom stereocenters. The second-order valence-corrected chi connectivity index (χ2v) is 7.74. The van der Waals surface area contributed by atoms with Gasteiger partial charge in [-0.15, -0.1) is 0 Å². The van der Waals surface area contributed by atoms with Crippen molar-refractivity contribution in [2.75, 3.05) is 12.1 Å². The van der Waals surface area contributed by atoms with Crippen LogP contribution in [-0.2, 0) is 4.79 Å². The Kier molecular flexibility index (Phi) is 4.45. The Bertz CT molecular complexity index is 1100. The van der Waals surface area contributed by atoms with E-state index in [1.54, 1.807) is 25.1 Å². The van der Waals surface area contributed by atoms with Gasteiger partial charge in [-0.1, -0.05) is 23.5 Å². The van der Waals surface area contributed by atoms with Crippen molar-refractivity contribution in [3.8, 4) is 11.5 Å². The summed E-state index contributed by atoms with van der Waals surface area (Å²) in [4.78, 5) is 17.4. The van der Waals surface area contributed by atoms with Gasteiger partial charge in [-0.05, 0) is 58.8 Å². The monoisotopic (exact) mass is 443 g/mol. The van der Waals surface area contributed by atoms with Gasteiger partial charge >= 0.3 is 0 Å².